The zero-order valence-electron chi connectivity index (χ0n) is 11.0. The molecule has 0 spiro atoms. The van der Waals surface area contributed by atoms with Gasteiger partial charge in [0.25, 0.3) is 0 Å². The molecule has 0 aliphatic carbocycles. The molecule has 2 aromatic rings. The van der Waals surface area contributed by atoms with Gasteiger partial charge < -0.3 is 5.11 Å². The predicted octanol–water partition coefficient (Wildman–Crippen LogP) is 3.92. The highest BCUT2D eigenvalue weighted by Gasteiger charge is 2.30. The molecule has 2 aromatic carbocycles. The molecular weight excluding hydrogens is 246 g/mol. The monoisotopic (exact) mass is 262 g/mol. The van der Waals surface area contributed by atoms with Crippen molar-refractivity contribution in [2.75, 3.05) is 0 Å². The third kappa shape index (κ3) is 2.66. The van der Waals surface area contributed by atoms with Crippen LogP contribution in [-0.2, 0) is 5.60 Å². The van der Waals surface area contributed by atoms with E-state index in [4.69, 9.17) is 0 Å². The quantitative estimate of drug-likeness (QED) is 0.889. The Hall–Kier alpha value is -1.74. The molecule has 19 heavy (non-hydrogen) atoms. The second-order valence-corrected chi connectivity index (χ2v) is 4.74. The van der Waals surface area contributed by atoms with Crippen molar-refractivity contribution in [2.24, 2.45) is 0 Å². The van der Waals surface area contributed by atoms with E-state index in [2.05, 4.69) is 0 Å². The van der Waals surface area contributed by atoms with Crippen molar-refractivity contribution in [3.05, 3.63) is 70.8 Å². The van der Waals surface area contributed by atoms with Gasteiger partial charge in [0.15, 0.2) is 0 Å². The minimum atomic E-state index is -1.38. The van der Waals surface area contributed by atoms with Crippen molar-refractivity contribution >= 4 is 0 Å². The number of hydrogen-bond donors (Lipinski definition) is 1. The first kappa shape index (κ1) is 13.7. The van der Waals surface area contributed by atoms with E-state index in [1.165, 1.54) is 30.3 Å². The van der Waals surface area contributed by atoms with Crippen LogP contribution in [0.5, 0.6) is 0 Å². The molecule has 0 bridgehead atoms. The number of benzene rings is 2. The number of aliphatic hydroxyl groups is 1. The fraction of sp³-hybridized carbons (Fsp3) is 0.250. The average molecular weight is 262 g/mol. The van der Waals surface area contributed by atoms with Crippen LogP contribution < -0.4 is 0 Å². The molecule has 0 aliphatic heterocycles. The molecule has 3 heteroatoms. The minimum absolute atomic E-state index is 0.333. The van der Waals surface area contributed by atoms with Crippen LogP contribution in [0.1, 0.15) is 30.0 Å². The fourth-order valence-corrected chi connectivity index (χ4v) is 2.30. The van der Waals surface area contributed by atoms with Gasteiger partial charge in [0.05, 0.1) is 0 Å². The van der Waals surface area contributed by atoms with Crippen LogP contribution in [-0.4, -0.2) is 5.11 Å². The first-order valence-electron chi connectivity index (χ1n) is 6.22. The second kappa shape index (κ2) is 5.10. The maximum atomic E-state index is 13.5. The Morgan fingerprint density at radius 3 is 2.26 bits per heavy atom. The fourth-order valence-electron chi connectivity index (χ4n) is 2.30. The van der Waals surface area contributed by atoms with Gasteiger partial charge in [-0.1, -0.05) is 25.1 Å². The van der Waals surface area contributed by atoms with Crippen LogP contribution >= 0.6 is 0 Å². The van der Waals surface area contributed by atoms with E-state index in [1.54, 1.807) is 26.0 Å². The minimum Gasteiger partial charge on any atom is -0.380 e. The van der Waals surface area contributed by atoms with Crippen molar-refractivity contribution in [3.8, 4) is 0 Å². The van der Waals surface area contributed by atoms with Crippen LogP contribution in [0.3, 0.4) is 0 Å². The van der Waals surface area contributed by atoms with Crippen molar-refractivity contribution < 1.29 is 13.9 Å². The molecule has 0 aromatic heterocycles. The Morgan fingerprint density at radius 2 is 1.68 bits per heavy atom. The van der Waals surface area contributed by atoms with Crippen molar-refractivity contribution in [1.29, 1.82) is 0 Å². The number of hydrogen-bond acceptors (Lipinski definition) is 1. The van der Waals surface area contributed by atoms with Gasteiger partial charge in [0.2, 0.25) is 0 Å². The molecule has 0 saturated heterocycles. The van der Waals surface area contributed by atoms with Gasteiger partial charge >= 0.3 is 0 Å². The number of rotatable bonds is 3. The van der Waals surface area contributed by atoms with Gasteiger partial charge in [0, 0.05) is 0 Å². The Kier molecular flexibility index (Phi) is 3.67. The Bertz CT molecular complexity index is 575. The van der Waals surface area contributed by atoms with Crippen LogP contribution in [0, 0.1) is 18.6 Å². The summed E-state index contributed by atoms with van der Waals surface area (Å²) >= 11 is 0. The van der Waals surface area contributed by atoms with Gasteiger partial charge in [-0.15, -0.1) is 0 Å². The maximum absolute atomic E-state index is 13.5. The largest absolute Gasteiger partial charge is 0.380 e. The molecule has 2 rings (SSSR count). The lowest BCUT2D eigenvalue weighted by molar-refractivity contribution is 0.0758. The number of halogens is 2. The summed E-state index contributed by atoms with van der Waals surface area (Å²) in [6, 6.07) is 10.2. The third-order valence-electron chi connectivity index (χ3n) is 3.33. The van der Waals surface area contributed by atoms with E-state index in [1.807, 2.05) is 0 Å². The van der Waals surface area contributed by atoms with E-state index in [-0.39, 0.29) is 0 Å². The van der Waals surface area contributed by atoms with Crippen LogP contribution in [0.2, 0.25) is 0 Å². The highest BCUT2D eigenvalue weighted by Crippen LogP contribution is 2.34. The highest BCUT2D eigenvalue weighted by molar-refractivity contribution is 5.38. The van der Waals surface area contributed by atoms with E-state index in [0.717, 1.165) is 5.56 Å². The van der Waals surface area contributed by atoms with Crippen molar-refractivity contribution in [1.82, 2.24) is 0 Å². The van der Waals surface area contributed by atoms with E-state index < -0.39 is 17.2 Å². The zero-order valence-corrected chi connectivity index (χ0v) is 11.0. The maximum Gasteiger partial charge on any atom is 0.123 e. The molecule has 1 atom stereocenters. The standard InChI is InChI=1S/C16H16F2O/c1-3-16(19,12-5-4-6-14(17)9-12)13-7-11(2)8-15(18)10-13/h4-10,19H,3H2,1-2H3. The first-order chi connectivity index (χ1) is 8.95. The van der Waals surface area contributed by atoms with E-state index >= 15 is 0 Å². The zero-order chi connectivity index (χ0) is 14.0. The summed E-state index contributed by atoms with van der Waals surface area (Å²) in [7, 11) is 0. The molecule has 1 unspecified atom stereocenters. The third-order valence-corrected chi connectivity index (χ3v) is 3.33. The first-order valence-corrected chi connectivity index (χ1v) is 6.22. The smallest absolute Gasteiger partial charge is 0.123 e. The second-order valence-electron chi connectivity index (χ2n) is 4.74. The lowest BCUT2D eigenvalue weighted by Gasteiger charge is -2.28. The lowest BCUT2D eigenvalue weighted by Crippen LogP contribution is -2.26. The molecule has 1 nitrogen and oxygen atoms in total. The molecule has 100 valence electrons. The van der Waals surface area contributed by atoms with E-state index in [9.17, 15) is 13.9 Å². The lowest BCUT2D eigenvalue weighted by atomic mass is 9.83. The van der Waals surface area contributed by atoms with Crippen LogP contribution in [0.4, 0.5) is 8.78 Å². The average Bonchev–Trinajstić information content (AvgIpc) is 2.36. The number of aryl methyl sites for hydroxylation is 1. The topological polar surface area (TPSA) is 20.2 Å². The SMILES string of the molecule is CCC(O)(c1cccc(F)c1)c1cc(C)cc(F)c1. The summed E-state index contributed by atoms with van der Waals surface area (Å²) in [4.78, 5) is 0. The predicted molar refractivity (Wildman–Crippen MR) is 70.8 cm³/mol. The Balaban J connectivity index is 2.59. The Labute approximate surface area is 111 Å². The van der Waals surface area contributed by atoms with Crippen LogP contribution in [0.15, 0.2) is 42.5 Å². The normalized spacial score (nSPS) is 14.2. The van der Waals surface area contributed by atoms with Gasteiger partial charge in [-0.25, -0.2) is 8.78 Å². The molecular formula is C16H16F2O. The molecule has 0 fully saturated rings. The van der Waals surface area contributed by atoms with Crippen molar-refractivity contribution in [2.45, 2.75) is 25.9 Å². The molecule has 0 heterocycles. The molecule has 0 saturated carbocycles. The summed E-state index contributed by atoms with van der Waals surface area (Å²) in [5.41, 5.74) is 0.214. The summed E-state index contributed by atoms with van der Waals surface area (Å²) < 4.78 is 26.8. The van der Waals surface area contributed by atoms with Crippen LogP contribution in [0.25, 0.3) is 0 Å². The van der Waals surface area contributed by atoms with Gasteiger partial charge in [-0.2, -0.15) is 0 Å². The molecule has 0 aliphatic rings. The van der Waals surface area contributed by atoms with E-state index in [0.29, 0.717) is 17.5 Å². The van der Waals surface area contributed by atoms with Gasteiger partial charge in [0.1, 0.15) is 17.2 Å². The van der Waals surface area contributed by atoms with Gasteiger partial charge in [-0.05, 0) is 54.3 Å². The Morgan fingerprint density at radius 1 is 1.00 bits per heavy atom. The highest BCUT2D eigenvalue weighted by atomic mass is 19.1. The molecule has 0 amide bonds. The van der Waals surface area contributed by atoms with Crippen molar-refractivity contribution in [3.63, 3.8) is 0 Å². The summed E-state index contributed by atoms with van der Waals surface area (Å²) in [6.07, 6.45) is 0.333. The summed E-state index contributed by atoms with van der Waals surface area (Å²) in [5.74, 6) is -0.823. The molecule has 1 N–H and O–H groups in total. The molecule has 0 radical (unpaired) electrons. The summed E-state index contributed by atoms with van der Waals surface area (Å²) in [5, 5.41) is 10.8. The summed E-state index contributed by atoms with van der Waals surface area (Å²) in [6.45, 7) is 3.54. The van der Waals surface area contributed by atoms with Gasteiger partial charge in [-0.3, -0.25) is 0 Å².